The van der Waals surface area contributed by atoms with Crippen molar-refractivity contribution in [2.45, 2.75) is 25.8 Å². The Bertz CT molecular complexity index is 402. The van der Waals surface area contributed by atoms with Gasteiger partial charge in [-0.3, -0.25) is 4.79 Å². The highest BCUT2D eigenvalue weighted by atomic mass is 35.5. The van der Waals surface area contributed by atoms with Crippen LogP contribution in [0.2, 0.25) is 0 Å². The van der Waals surface area contributed by atoms with Gasteiger partial charge in [-0.05, 0) is 49.5 Å². The summed E-state index contributed by atoms with van der Waals surface area (Å²) in [6, 6.07) is 7.95. The number of hydrogen-bond donors (Lipinski definition) is 3. The van der Waals surface area contributed by atoms with E-state index in [0.717, 1.165) is 37.2 Å². The zero-order valence-electron chi connectivity index (χ0n) is 11.2. The topological polar surface area (TPSA) is 67.2 Å². The molecule has 4 N–H and O–H groups in total. The maximum absolute atomic E-state index is 10.9. The Morgan fingerprint density at radius 1 is 1.32 bits per heavy atom. The Kier molecular flexibility index (Phi) is 6.28. The van der Waals surface area contributed by atoms with Gasteiger partial charge in [-0.15, -0.1) is 12.4 Å². The van der Waals surface area contributed by atoms with Crippen LogP contribution in [0.5, 0.6) is 0 Å². The number of nitrogens with two attached hydrogens (primary N) is 1. The molecule has 1 amide bonds. The Balaban J connectivity index is 0.00000180. The highest BCUT2D eigenvalue weighted by molar-refractivity contribution is 5.88. The molecule has 0 radical (unpaired) electrons. The number of carbonyl (C=O) groups is 1. The highest BCUT2D eigenvalue weighted by Crippen LogP contribution is 2.27. The molecule has 1 atom stereocenters. The summed E-state index contributed by atoms with van der Waals surface area (Å²) in [5, 5.41) is 6.11. The summed E-state index contributed by atoms with van der Waals surface area (Å²) in [5.41, 5.74) is 8.28. The summed E-state index contributed by atoms with van der Waals surface area (Å²) in [6.45, 7) is 3.62. The van der Waals surface area contributed by atoms with Crippen molar-refractivity contribution >= 4 is 24.0 Å². The molecule has 19 heavy (non-hydrogen) atoms. The molecule has 0 spiro atoms. The van der Waals surface area contributed by atoms with Crippen molar-refractivity contribution in [2.75, 3.05) is 18.4 Å². The predicted octanol–water partition coefficient (Wildman–Crippen LogP) is 2.07. The van der Waals surface area contributed by atoms with E-state index in [-0.39, 0.29) is 24.4 Å². The Labute approximate surface area is 120 Å². The average molecular weight is 284 g/mol. The van der Waals surface area contributed by atoms with Crippen LogP contribution in [0.3, 0.4) is 0 Å². The minimum atomic E-state index is -0.0506. The molecule has 106 valence electrons. The first-order chi connectivity index (χ1) is 8.66. The quantitative estimate of drug-likeness (QED) is 0.795. The van der Waals surface area contributed by atoms with Crippen LogP contribution in [0, 0.1) is 5.92 Å². The third-order valence-electron chi connectivity index (χ3n) is 3.51. The summed E-state index contributed by atoms with van der Waals surface area (Å²) in [7, 11) is 0. The number of halogens is 1. The van der Waals surface area contributed by atoms with Crippen molar-refractivity contribution in [3.05, 3.63) is 29.8 Å². The van der Waals surface area contributed by atoms with Gasteiger partial charge < -0.3 is 16.4 Å². The van der Waals surface area contributed by atoms with Gasteiger partial charge in [0.05, 0.1) is 0 Å². The number of nitrogens with one attached hydrogen (secondary N) is 2. The van der Waals surface area contributed by atoms with E-state index >= 15 is 0 Å². The first-order valence-corrected chi connectivity index (χ1v) is 6.50. The third kappa shape index (κ3) is 4.49. The lowest BCUT2D eigenvalue weighted by atomic mass is 9.86. The predicted molar refractivity (Wildman–Crippen MR) is 80.5 cm³/mol. The average Bonchev–Trinajstić information content (AvgIpc) is 2.39. The zero-order valence-corrected chi connectivity index (χ0v) is 12.0. The molecule has 1 saturated heterocycles. The van der Waals surface area contributed by atoms with Crippen molar-refractivity contribution < 1.29 is 4.79 Å². The molecule has 0 bridgehead atoms. The number of carbonyl (C=O) groups excluding carboxylic acids is 1. The Morgan fingerprint density at radius 2 is 1.89 bits per heavy atom. The number of hydrogen-bond acceptors (Lipinski definition) is 3. The van der Waals surface area contributed by atoms with Crippen LogP contribution in [-0.2, 0) is 4.79 Å². The lowest BCUT2D eigenvalue weighted by molar-refractivity contribution is -0.114. The molecule has 1 aliphatic rings. The minimum absolute atomic E-state index is 0. The summed E-state index contributed by atoms with van der Waals surface area (Å²) in [6.07, 6.45) is 2.27. The summed E-state index contributed by atoms with van der Waals surface area (Å²) in [5.74, 6) is 0.503. The van der Waals surface area contributed by atoms with Gasteiger partial charge in [-0.25, -0.2) is 0 Å². The first-order valence-electron chi connectivity index (χ1n) is 6.50. The van der Waals surface area contributed by atoms with Crippen LogP contribution in [0.25, 0.3) is 0 Å². The number of amides is 1. The molecule has 0 aromatic heterocycles. The van der Waals surface area contributed by atoms with Crippen LogP contribution in [0.1, 0.15) is 31.4 Å². The maximum Gasteiger partial charge on any atom is 0.221 e. The standard InChI is InChI=1S/C14H21N3O.ClH/c1-10(18)17-13-4-2-11(3-5-13)14(15)12-6-8-16-9-7-12;/h2-5,12,14,16H,6-9,15H2,1H3,(H,17,18);1H/t14-;/m0./s1. The molecule has 1 aromatic rings. The molecule has 0 aliphatic carbocycles. The molecular weight excluding hydrogens is 262 g/mol. The number of piperidine rings is 1. The van der Waals surface area contributed by atoms with Gasteiger partial charge in [0.2, 0.25) is 5.91 Å². The molecule has 5 heteroatoms. The number of anilines is 1. The van der Waals surface area contributed by atoms with Crippen molar-refractivity contribution in [3.63, 3.8) is 0 Å². The second-order valence-corrected chi connectivity index (χ2v) is 4.92. The first kappa shape index (κ1) is 16.0. The van der Waals surface area contributed by atoms with E-state index in [1.807, 2.05) is 24.3 Å². The Hall–Kier alpha value is -1.10. The number of rotatable bonds is 3. The SMILES string of the molecule is CC(=O)Nc1ccc([C@H](N)C2CCNCC2)cc1.Cl. The van der Waals surface area contributed by atoms with Gasteiger partial charge in [0.25, 0.3) is 0 Å². The molecule has 1 heterocycles. The van der Waals surface area contributed by atoms with Crippen LogP contribution < -0.4 is 16.4 Å². The normalized spacial score (nSPS) is 17.4. The van der Waals surface area contributed by atoms with E-state index in [0.29, 0.717) is 5.92 Å². The van der Waals surface area contributed by atoms with Crippen molar-refractivity contribution in [2.24, 2.45) is 11.7 Å². The van der Waals surface area contributed by atoms with Crippen LogP contribution in [0.15, 0.2) is 24.3 Å². The van der Waals surface area contributed by atoms with Crippen LogP contribution in [0.4, 0.5) is 5.69 Å². The molecule has 1 fully saturated rings. The van der Waals surface area contributed by atoms with E-state index in [1.54, 1.807) is 0 Å². The van der Waals surface area contributed by atoms with E-state index < -0.39 is 0 Å². The number of benzene rings is 1. The van der Waals surface area contributed by atoms with E-state index in [4.69, 9.17) is 5.73 Å². The van der Waals surface area contributed by atoms with E-state index in [1.165, 1.54) is 6.92 Å². The van der Waals surface area contributed by atoms with Crippen molar-refractivity contribution in [3.8, 4) is 0 Å². The van der Waals surface area contributed by atoms with Crippen LogP contribution >= 0.6 is 12.4 Å². The second-order valence-electron chi connectivity index (χ2n) is 4.92. The molecule has 4 nitrogen and oxygen atoms in total. The lowest BCUT2D eigenvalue weighted by Crippen LogP contribution is -2.33. The van der Waals surface area contributed by atoms with Gasteiger partial charge in [0.1, 0.15) is 0 Å². The fraction of sp³-hybridized carbons (Fsp3) is 0.500. The summed E-state index contributed by atoms with van der Waals surface area (Å²) < 4.78 is 0. The zero-order chi connectivity index (χ0) is 13.0. The van der Waals surface area contributed by atoms with E-state index in [9.17, 15) is 4.79 Å². The van der Waals surface area contributed by atoms with Gasteiger partial charge >= 0.3 is 0 Å². The van der Waals surface area contributed by atoms with Crippen LogP contribution in [-0.4, -0.2) is 19.0 Å². The molecule has 1 aliphatic heterocycles. The van der Waals surface area contributed by atoms with Crippen molar-refractivity contribution in [1.82, 2.24) is 5.32 Å². The fourth-order valence-corrected chi connectivity index (χ4v) is 2.47. The second kappa shape index (κ2) is 7.48. The molecule has 1 aromatic carbocycles. The highest BCUT2D eigenvalue weighted by Gasteiger charge is 2.21. The monoisotopic (exact) mass is 283 g/mol. The van der Waals surface area contributed by atoms with Gasteiger partial charge in [-0.1, -0.05) is 12.1 Å². The lowest BCUT2D eigenvalue weighted by Gasteiger charge is -2.28. The van der Waals surface area contributed by atoms with Gasteiger partial charge in [-0.2, -0.15) is 0 Å². The maximum atomic E-state index is 10.9. The van der Waals surface area contributed by atoms with Crippen molar-refractivity contribution in [1.29, 1.82) is 0 Å². The minimum Gasteiger partial charge on any atom is -0.326 e. The largest absolute Gasteiger partial charge is 0.326 e. The van der Waals surface area contributed by atoms with Gasteiger partial charge in [0, 0.05) is 18.7 Å². The summed E-state index contributed by atoms with van der Waals surface area (Å²) >= 11 is 0. The smallest absolute Gasteiger partial charge is 0.221 e. The summed E-state index contributed by atoms with van der Waals surface area (Å²) in [4.78, 5) is 10.9. The third-order valence-corrected chi connectivity index (χ3v) is 3.51. The molecule has 0 saturated carbocycles. The van der Waals surface area contributed by atoms with E-state index in [2.05, 4.69) is 10.6 Å². The van der Waals surface area contributed by atoms with Gasteiger partial charge in [0.15, 0.2) is 0 Å². The Morgan fingerprint density at radius 3 is 2.42 bits per heavy atom. The molecule has 0 unspecified atom stereocenters. The molecular formula is C14H22ClN3O. The fourth-order valence-electron chi connectivity index (χ4n) is 2.47. The molecule has 2 rings (SSSR count).